The zero-order chi connectivity index (χ0) is 14.7. The second-order valence-corrected chi connectivity index (χ2v) is 5.05. The van der Waals surface area contributed by atoms with Gasteiger partial charge in [0.2, 0.25) is 0 Å². The van der Waals surface area contributed by atoms with E-state index in [0.717, 1.165) is 29.1 Å². The summed E-state index contributed by atoms with van der Waals surface area (Å²) in [5.74, 6) is 1.81. The zero-order valence-corrected chi connectivity index (χ0v) is 12.4. The van der Waals surface area contributed by atoms with Crippen molar-refractivity contribution in [3.05, 3.63) is 35.0 Å². The molecule has 20 heavy (non-hydrogen) atoms. The Balaban J connectivity index is 2.37. The minimum absolute atomic E-state index is 0.135. The van der Waals surface area contributed by atoms with Crippen LogP contribution < -0.4 is 10.1 Å². The van der Waals surface area contributed by atoms with E-state index in [1.54, 1.807) is 7.11 Å². The Bertz CT molecular complexity index is 586. The Hall–Kier alpha value is -2.10. The number of hydrogen-bond acceptors (Lipinski definition) is 3. The first-order chi connectivity index (χ1) is 9.55. The second kappa shape index (κ2) is 5.90. The first kappa shape index (κ1) is 14.3. The quantitative estimate of drug-likeness (QED) is 0.856. The first-order valence-electron chi connectivity index (χ1n) is 6.83. The third-order valence-corrected chi connectivity index (χ3v) is 3.26. The number of amidine groups is 1. The van der Waals surface area contributed by atoms with Crippen molar-refractivity contribution < 1.29 is 9.53 Å². The molecule has 1 amide bonds. The monoisotopic (exact) mass is 272 g/mol. The molecule has 4 heteroatoms. The van der Waals surface area contributed by atoms with Crippen LogP contribution in [0.2, 0.25) is 0 Å². The summed E-state index contributed by atoms with van der Waals surface area (Å²) < 4.78 is 5.36. The molecule has 0 unspecified atom stereocenters. The van der Waals surface area contributed by atoms with Crippen molar-refractivity contribution in [2.24, 2.45) is 4.99 Å². The largest absolute Gasteiger partial charge is 0.496 e. The van der Waals surface area contributed by atoms with Gasteiger partial charge in [0.15, 0.2) is 0 Å². The van der Waals surface area contributed by atoms with Gasteiger partial charge in [-0.05, 0) is 35.3 Å². The Morgan fingerprint density at radius 3 is 2.70 bits per heavy atom. The van der Waals surface area contributed by atoms with Gasteiger partial charge in [-0.25, -0.2) is 4.99 Å². The molecule has 1 heterocycles. The molecule has 0 atom stereocenters. The molecule has 1 aromatic carbocycles. The second-order valence-electron chi connectivity index (χ2n) is 5.05. The van der Waals surface area contributed by atoms with E-state index in [1.165, 1.54) is 0 Å². The van der Waals surface area contributed by atoms with E-state index in [2.05, 4.69) is 24.2 Å². The van der Waals surface area contributed by atoms with Crippen LogP contribution in [-0.2, 0) is 4.79 Å². The highest BCUT2D eigenvalue weighted by atomic mass is 16.5. The van der Waals surface area contributed by atoms with Gasteiger partial charge in [-0.15, -0.1) is 0 Å². The summed E-state index contributed by atoms with van der Waals surface area (Å²) in [4.78, 5) is 16.1. The van der Waals surface area contributed by atoms with E-state index in [4.69, 9.17) is 4.74 Å². The van der Waals surface area contributed by atoms with Crippen molar-refractivity contribution in [3.8, 4) is 5.75 Å². The Morgan fingerprint density at radius 1 is 1.40 bits per heavy atom. The highest BCUT2D eigenvalue weighted by molar-refractivity contribution is 6.14. The number of nitrogens with zero attached hydrogens (tertiary/aromatic N) is 1. The molecule has 0 saturated heterocycles. The Morgan fingerprint density at radius 2 is 2.15 bits per heavy atom. The van der Waals surface area contributed by atoms with E-state index >= 15 is 0 Å². The fraction of sp³-hybridized carbons (Fsp3) is 0.375. The number of nitrogens with one attached hydrogen (secondary N) is 1. The normalized spacial score (nSPS) is 16.6. The molecular formula is C16H20N2O2. The molecule has 106 valence electrons. The molecular weight excluding hydrogens is 252 g/mol. The Kier molecular flexibility index (Phi) is 4.23. The van der Waals surface area contributed by atoms with Crippen molar-refractivity contribution in [2.75, 3.05) is 7.11 Å². The third kappa shape index (κ3) is 2.90. The van der Waals surface area contributed by atoms with Gasteiger partial charge < -0.3 is 10.1 Å². The van der Waals surface area contributed by atoms with Crippen LogP contribution in [-0.4, -0.2) is 18.9 Å². The topological polar surface area (TPSA) is 50.7 Å². The molecule has 0 aliphatic carbocycles. The maximum Gasteiger partial charge on any atom is 0.275 e. The summed E-state index contributed by atoms with van der Waals surface area (Å²) in [6, 6.07) is 5.91. The molecule has 0 saturated carbocycles. The van der Waals surface area contributed by atoms with Crippen LogP contribution in [0.1, 0.15) is 44.2 Å². The predicted molar refractivity (Wildman–Crippen MR) is 80.9 cm³/mol. The van der Waals surface area contributed by atoms with Gasteiger partial charge in [0.05, 0.1) is 7.11 Å². The molecule has 1 N–H and O–H groups in total. The number of aliphatic imine (C=N–C) groups is 1. The Labute approximate surface area is 119 Å². The van der Waals surface area contributed by atoms with Gasteiger partial charge in [0, 0.05) is 6.42 Å². The van der Waals surface area contributed by atoms with Crippen molar-refractivity contribution in [3.63, 3.8) is 0 Å². The average molecular weight is 272 g/mol. The molecule has 0 radical (unpaired) electrons. The average Bonchev–Trinajstić information content (AvgIpc) is 2.79. The number of amides is 1. The molecule has 1 aromatic rings. The lowest BCUT2D eigenvalue weighted by Gasteiger charge is -2.12. The summed E-state index contributed by atoms with van der Waals surface area (Å²) in [7, 11) is 1.67. The van der Waals surface area contributed by atoms with E-state index in [1.807, 2.05) is 31.2 Å². The third-order valence-electron chi connectivity index (χ3n) is 3.26. The van der Waals surface area contributed by atoms with Crippen molar-refractivity contribution in [1.29, 1.82) is 0 Å². The van der Waals surface area contributed by atoms with Crippen LogP contribution in [0.4, 0.5) is 0 Å². The summed E-state index contributed by atoms with van der Waals surface area (Å²) >= 11 is 0. The smallest absolute Gasteiger partial charge is 0.275 e. The van der Waals surface area contributed by atoms with Crippen LogP contribution in [0, 0.1) is 0 Å². The van der Waals surface area contributed by atoms with E-state index in [-0.39, 0.29) is 5.91 Å². The standard InChI is InChI=1S/C16H20N2O2/c1-5-15-17-13(16(19)18-15)9-11-6-7-14(20-4)12(8-11)10(2)3/h6-10H,5H2,1-4H3,(H,17,18,19)/b13-9+. The molecule has 1 aliphatic heterocycles. The van der Waals surface area contributed by atoms with Crippen LogP contribution in [0.15, 0.2) is 28.9 Å². The van der Waals surface area contributed by atoms with Crippen molar-refractivity contribution >= 4 is 17.8 Å². The molecule has 0 spiro atoms. The summed E-state index contributed by atoms with van der Waals surface area (Å²) in [5.41, 5.74) is 2.54. The SMILES string of the molecule is CCC1=N/C(=C/c2ccc(OC)c(C(C)C)c2)C(=O)N1. The fourth-order valence-corrected chi connectivity index (χ4v) is 2.14. The summed E-state index contributed by atoms with van der Waals surface area (Å²) in [6.07, 6.45) is 2.53. The maximum absolute atomic E-state index is 11.8. The highest BCUT2D eigenvalue weighted by Gasteiger charge is 2.18. The molecule has 0 aromatic heterocycles. The molecule has 4 nitrogen and oxygen atoms in total. The number of hydrogen-bond donors (Lipinski definition) is 1. The fourth-order valence-electron chi connectivity index (χ4n) is 2.14. The van der Waals surface area contributed by atoms with E-state index in [0.29, 0.717) is 11.6 Å². The number of rotatable bonds is 4. The van der Waals surface area contributed by atoms with Crippen LogP contribution in [0.5, 0.6) is 5.75 Å². The lowest BCUT2D eigenvalue weighted by Crippen LogP contribution is -2.22. The molecule has 2 rings (SSSR count). The van der Waals surface area contributed by atoms with Crippen LogP contribution >= 0.6 is 0 Å². The lowest BCUT2D eigenvalue weighted by atomic mass is 9.99. The van der Waals surface area contributed by atoms with Crippen LogP contribution in [0.3, 0.4) is 0 Å². The van der Waals surface area contributed by atoms with E-state index in [9.17, 15) is 4.79 Å². The zero-order valence-electron chi connectivity index (χ0n) is 12.4. The van der Waals surface area contributed by atoms with Gasteiger partial charge >= 0.3 is 0 Å². The number of carbonyl (C=O) groups excluding carboxylic acids is 1. The molecule has 0 fully saturated rings. The van der Waals surface area contributed by atoms with Gasteiger partial charge in [-0.1, -0.05) is 26.8 Å². The number of methoxy groups -OCH3 is 1. The van der Waals surface area contributed by atoms with Gasteiger partial charge in [0.1, 0.15) is 17.3 Å². The number of carbonyl (C=O) groups is 1. The first-order valence-corrected chi connectivity index (χ1v) is 6.83. The lowest BCUT2D eigenvalue weighted by molar-refractivity contribution is -0.115. The predicted octanol–water partition coefficient (Wildman–Crippen LogP) is 3.10. The van der Waals surface area contributed by atoms with E-state index < -0.39 is 0 Å². The van der Waals surface area contributed by atoms with Crippen molar-refractivity contribution in [1.82, 2.24) is 5.32 Å². The number of benzene rings is 1. The highest BCUT2D eigenvalue weighted by Crippen LogP contribution is 2.28. The van der Waals surface area contributed by atoms with Crippen molar-refractivity contribution in [2.45, 2.75) is 33.1 Å². The maximum atomic E-state index is 11.8. The van der Waals surface area contributed by atoms with Gasteiger partial charge in [0.25, 0.3) is 5.91 Å². The molecule has 0 bridgehead atoms. The van der Waals surface area contributed by atoms with Gasteiger partial charge in [-0.3, -0.25) is 4.79 Å². The minimum atomic E-state index is -0.135. The summed E-state index contributed by atoms with van der Waals surface area (Å²) in [6.45, 7) is 6.20. The van der Waals surface area contributed by atoms with Crippen LogP contribution in [0.25, 0.3) is 6.08 Å². The minimum Gasteiger partial charge on any atom is -0.496 e. The molecule has 1 aliphatic rings. The number of ether oxygens (including phenoxy) is 1. The summed E-state index contributed by atoms with van der Waals surface area (Å²) in [5, 5.41) is 2.75. The van der Waals surface area contributed by atoms with Gasteiger partial charge in [-0.2, -0.15) is 0 Å².